The number of benzene rings is 1. The van der Waals surface area contributed by atoms with Gasteiger partial charge in [0, 0.05) is 18.8 Å². The lowest BCUT2D eigenvalue weighted by Crippen LogP contribution is -2.14. The molecule has 0 amide bonds. The summed E-state index contributed by atoms with van der Waals surface area (Å²) in [5.41, 5.74) is 10.6. The number of nitrogens with two attached hydrogens (primary N) is 1. The third-order valence-electron chi connectivity index (χ3n) is 2.12. The van der Waals surface area contributed by atoms with Gasteiger partial charge in [-0.25, -0.2) is 0 Å². The molecule has 16 heavy (non-hydrogen) atoms. The Labute approximate surface area is 110 Å². The molecule has 0 aromatic heterocycles. The van der Waals surface area contributed by atoms with Crippen molar-refractivity contribution < 1.29 is 5.48 Å². The molecule has 3 nitrogen and oxygen atoms in total. The van der Waals surface area contributed by atoms with E-state index >= 15 is 0 Å². The third-order valence-corrected chi connectivity index (χ3v) is 2.12. The Morgan fingerprint density at radius 1 is 1.06 bits per heavy atom. The van der Waals surface area contributed by atoms with Crippen molar-refractivity contribution in [2.75, 3.05) is 18.4 Å². The molecule has 0 aliphatic heterocycles. The first-order valence-electron chi connectivity index (χ1n) is 4.67. The van der Waals surface area contributed by atoms with Gasteiger partial charge >= 0.3 is 0 Å². The van der Waals surface area contributed by atoms with Crippen LogP contribution in [0.5, 0.6) is 0 Å². The second-order valence-electron chi connectivity index (χ2n) is 3.49. The number of hydrogen-bond acceptors (Lipinski definition) is 2. The van der Waals surface area contributed by atoms with Crippen LogP contribution in [0, 0.1) is 20.8 Å². The fourth-order valence-corrected chi connectivity index (χ4v) is 1.66. The summed E-state index contributed by atoms with van der Waals surface area (Å²) in [6, 6.07) is 4.37. The van der Waals surface area contributed by atoms with Gasteiger partial charge < -0.3 is 16.5 Å². The van der Waals surface area contributed by atoms with Crippen LogP contribution in [0.4, 0.5) is 5.69 Å². The van der Waals surface area contributed by atoms with Gasteiger partial charge in [-0.15, -0.1) is 24.8 Å². The molecule has 1 aromatic carbocycles. The highest BCUT2D eigenvalue weighted by Gasteiger charge is 2.01. The molecular weight excluding hydrogens is 247 g/mol. The summed E-state index contributed by atoms with van der Waals surface area (Å²) >= 11 is 0. The highest BCUT2D eigenvalue weighted by Crippen LogP contribution is 2.21. The summed E-state index contributed by atoms with van der Waals surface area (Å²) in [6.07, 6.45) is 0. The van der Waals surface area contributed by atoms with Crippen LogP contribution < -0.4 is 11.1 Å². The normalized spacial score (nSPS) is 8.25. The lowest BCUT2D eigenvalue weighted by Gasteiger charge is -2.12. The summed E-state index contributed by atoms with van der Waals surface area (Å²) < 4.78 is 0. The van der Waals surface area contributed by atoms with Crippen molar-refractivity contribution >= 4 is 30.5 Å². The standard InChI is InChI=1S/C11H18N2.2ClH.H2O/c1-8-6-9(2)11(10(3)7-8)13-5-4-12;;;/h6-7,13H,4-5,12H2,1-3H3;2*1H;1H2. The van der Waals surface area contributed by atoms with Crippen LogP contribution >= 0.6 is 24.8 Å². The van der Waals surface area contributed by atoms with Gasteiger partial charge in [-0.05, 0) is 31.9 Å². The number of hydrogen-bond donors (Lipinski definition) is 2. The second kappa shape index (κ2) is 9.73. The van der Waals surface area contributed by atoms with Crippen LogP contribution in [-0.2, 0) is 0 Å². The molecule has 1 rings (SSSR count). The van der Waals surface area contributed by atoms with E-state index in [1.165, 1.54) is 22.4 Å². The van der Waals surface area contributed by atoms with E-state index in [0.717, 1.165) is 6.54 Å². The maximum atomic E-state index is 5.44. The van der Waals surface area contributed by atoms with Crippen LogP contribution in [0.2, 0.25) is 0 Å². The van der Waals surface area contributed by atoms with E-state index in [2.05, 4.69) is 38.2 Å². The topological polar surface area (TPSA) is 69.5 Å². The van der Waals surface area contributed by atoms with Gasteiger partial charge in [0.2, 0.25) is 0 Å². The van der Waals surface area contributed by atoms with E-state index in [1.807, 2.05) is 0 Å². The minimum atomic E-state index is 0. The molecule has 0 aliphatic rings. The van der Waals surface area contributed by atoms with Gasteiger partial charge in [-0.3, -0.25) is 0 Å². The molecule has 5 heteroatoms. The van der Waals surface area contributed by atoms with E-state index in [9.17, 15) is 0 Å². The zero-order valence-corrected chi connectivity index (χ0v) is 11.6. The van der Waals surface area contributed by atoms with Crippen molar-refractivity contribution in [3.8, 4) is 0 Å². The third kappa shape index (κ3) is 5.56. The summed E-state index contributed by atoms with van der Waals surface area (Å²) in [6.45, 7) is 7.88. The molecule has 0 atom stereocenters. The van der Waals surface area contributed by atoms with Crippen LogP contribution in [0.3, 0.4) is 0 Å². The van der Waals surface area contributed by atoms with E-state index in [1.54, 1.807) is 0 Å². The number of nitrogens with one attached hydrogen (secondary N) is 1. The van der Waals surface area contributed by atoms with Crippen molar-refractivity contribution in [3.05, 3.63) is 28.8 Å². The first-order chi connectivity index (χ1) is 6.15. The van der Waals surface area contributed by atoms with Gasteiger partial charge in [0.1, 0.15) is 0 Å². The smallest absolute Gasteiger partial charge is 0.0400 e. The fourth-order valence-electron chi connectivity index (χ4n) is 1.66. The Morgan fingerprint density at radius 2 is 1.50 bits per heavy atom. The average molecular weight is 269 g/mol. The van der Waals surface area contributed by atoms with E-state index < -0.39 is 0 Å². The molecule has 0 unspecified atom stereocenters. The molecule has 0 heterocycles. The Bertz CT molecular complexity index is 283. The van der Waals surface area contributed by atoms with E-state index in [-0.39, 0.29) is 30.3 Å². The molecule has 0 saturated carbocycles. The molecule has 96 valence electrons. The van der Waals surface area contributed by atoms with Crippen molar-refractivity contribution in [3.63, 3.8) is 0 Å². The van der Waals surface area contributed by atoms with Crippen LogP contribution in [0.25, 0.3) is 0 Å². The minimum absolute atomic E-state index is 0. The predicted molar refractivity (Wildman–Crippen MR) is 76.3 cm³/mol. The van der Waals surface area contributed by atoms with Gasteiger partial charge in [-0.2, -0.15) is 0 Å². The monoisotopic (exact) mass is 268 g/mol. The number of rotatable bonds is 3. The van der Waals surface area contributed by atoms with E-state index in [0.29, 0.717) is 6.54 Å². The number of halogens is 2. The Balaban J connectivity index is -0.000000563. The van der Waals surface area contributed by atoms with Gasteiger partial charge in [0.05, 0.1) is 0 Å². The predicted octanol–water partition coefficient (Wildman–Crippen LogP) is 2.00. The Hall–Kier alpha value is -0.480. The minimum Gasteiger partial charge on any atom is -0.412 e. The molecule has 0 fully saturated rings. The molecule has 0 saturated heterocycles. The zero-order valence-electron chi connectivity index (χ0n) is 9.96. The maximum absolute atomic E-state index is 5.44. The van der Waals surface area contributed by atoms with Crippen molar-refractivity contribution in [1.82, 2.24) is 0 Å². The first kappa shape index (κ1) is 20.9. The second-order valence-corrected chi connectivity index (χ2v) is 3.49. The largest absolute Gasteiger partial charge is 0.412 e. The summed E-state index contributed by atoms with van der Waals surface area (Å²) in [5, 5.41) is 3.33. The zero-order chi connectivity index (χ0) is 9.84. The lowest BCUT2D eigenvalue weighted by molar-refractivity contribution is 0.824. The summed E-state index contributed by atoms with van der Waals surface area (Å²) in [5.74, 6) is 0. The van der Waals surface area contributed by atoms with Gasteiger partial charge in [0.15, 0.2) is 0 Å². The summed E-state index contributed by atoms with van der Waals surface area (Å²) in [7, 11) is 0. The number of anilines is 1. The SMILES string of the molecule is Cc1cc(C)c(NCCN)c(C)c1.Cl.Cl.O. The molecule has 5 N–H and O–H groups in total. The van der Waals surface area contributed by atoms with Crippen molar-refractivity contribution in [2.45, 2.75) is 20.8 Å². The molecule has 0 radical (unpaired) electrons. The lowest BCUT2D eigenvalue weighted by atomic mass is 10.1. The molecular formula is C11H22Cl2N2O. The first-order valence-corrected chi connectivity index (χ1v) is 4.67. The van der Waals surface area contributed by atoms with Gasteiger partial charge in [0.25, 0.3) is 0 Å². The molecule has 0 bridgehead atoms. The van der Waals surface area contributed by atoms with Crippen molar-refractivity contribution in [1.29, 1.82) is 0 Å². The van der Waals surface area contributed by atoms with Crippen LogP contribution in [0.15, 0.2) is 12.1 Å². The highest BCUT2D eigenvalue weighted by molar-refractivity contribution is 5.85. The highest BCUT2D eigenvalue weighted by atomic mass is 35.5. The molecule has 1 aromatic rings. The Morgan fingerprint density at radius 3 is 1.88 bits per heavy atom. The number of aryl methyl sites for hydroxylation is 3. The van der Waals surface area contributed by atoms with E-state index in [4.69, 9.17) is 5.73 Å². The molecule has 0 aliphatic carbocycles. The Kier molecular flexibility index (Phi) is 12.7. The van der Waals surface area contributed by atoms with Crippen LogP contribution in [0.1, 0.15) is 16.7 Å². The average Bonchev–Trinajstić information content (AvgIpc) is 2.02. The maximum Gasteiger partial charge on any atom is 0.0400 e. The fraction of sp³-hybridized carbons (Fsp3) is 0.455. The summed E-state index contributed by atoms with van der Waals surface area (Å²) in [4.78, 5) is 0. The molecule has 0 spiro atoms. The van der Waals surface area contributed by atoms with Gasteiger partial charge in [-0.1, -0.05) is 17.7 Å². The van der Waals surface area contributed by atoms with Crippen molar-refractivity contribution in [2.24, 2.45) is 5.73 Å². The van der Waals surface area contributed by atoms with Crippen LogP contribution in [-0.4, -0.2) is 18.6 Å². The quantitative estimate of drug-likeness (QED) is 0.881.